The Bertz CT molecular complexity index is 1440. The predicted octanol–water partition coefficient (Wildman–Crippen LogP) is 5.00. The Morgan fingerprint density at radius 2 is 1.81 bits per heavy atom. The molecule has 2 N–H and O–H groups in total. The maximum Gasteiger partial charge on any atom is 0.158 e. The number of halogens is 1. The lowest BCUT2D eigenvalue weighted by atomic mass is 9.85. The molecule has 4 aromatic heterocycles. The second kappa shape index (κ2) is 6.84. The van der Waals surface area contributed by atoms with E-state index >= 15 is 4.39 Å². The zero-order chi connectivity index (χ0) is 20.9. The molecule has 1 saturated carbocycles. The number of fused-ring (bicyclic) bond motifs is 2. The van der Waals surface area contributed by atoms with E-state index in [1.54, 1.807) is 18.5 Å². The molecular formula is C24H19FN6. The number of benzene rings is 1. The number of nitrogen functional groups attached to an aromatic ring is 1. The Kier molecular flexibility index (Phi) is 3.96. The van der Waals surface area contributed by atoms with Crippen LogP contribution in [0, 0.1) is 5.82 Å². The van der Waals surface area contributed by atoms with Gasteiger partial charge in [-0.15, -0.1) is 0 Å². The first-order valence-corrected chi connectivity index (χ1v) is 10.3. The van der Waals surface area contributed by atoms with Crippen molar-refractivity contribution in [1.29, 1.82) is 0 Å². The minimum atomic E-state index is -0.418. The largest absolute Gasteiger partial charge is 0.382 e. The number of pyridine rings is 2. The molecule has 1 aromatic carbocycles. The number of aromatic nitrogens is 5. The molecule has 6 rings (SSSR count). The molecule has 5 aromatic rings. The minimum absolute atomic E-state index is 0.287. The third kappa shape index (κ3) is 2.77. The molecule has 0 aliphatic heterocycles. The SMILES string of the molecule is Nc1nccn2c(C3CCC3)nc(-c3ccc4ccc(-c5ccccn5)nc4c3F)c12. The zero-order valence-corrected chi connectivity index (χ0v) is 16.7. The van der Waals surface area contributed by atoms with Crippen LogP contribution in [0.15, 0.2) is 61.1 Å². The highest BCUT2D eigenvalue weighted by atomic mass is 19.1. The van der Waals surface area contributed by atoms with E-state index < -0.39 is 5.82 Å². The minimum Gasteiger partial charge on any atom is -0.382 e. The molecule has 6 nitrogen and oxygen atoms in total. The molecule has 0 radical (unpaired) electrons. The van der Waals surface area contributed by atoms with Crippen LogP contribution in [0.5, 0.6) is 0 Å². The summed E-state index contributed by atoms with van der Waals surface area (Å²) in [6.45, 7) is 0. The fourth-order valence-corrected chi connectivity index (χ4v) is 4.22. The molecule has 0 unspecified atom stereocenters. The normalized spacial score (nSPS) is 14.2. The summed E-state index contributed by atoms with van der Waals surface area (Å²) < 4.78 is 17.8. The van der Waals surface area contributed by atoms with Gasteiger partial charge in [-0.3, -0.25) is 9.38 Å². The van der Waals surface area contributed by atoms with Gasteiger partial charge in [0, 0.05) is 35.5 Å². The summed E-state index contributed by atoms with van der Waals surface area (Å²) in [7, 11) is 0. The molecule has 0 saturated heterocycles. The molecule has 0 amide bonds. The number of nitrogens with two attached hydrogens (primary N) is 1. The number of hydrogen-bond acceptors (Lipinski definition) is 5. The van der Waals surface area contributed by atoms with Crippen molar-refractivity contribution in [3.63, 3.8) is 0 Å². The number of imidazole rings is 1. The van der Waals surface area contributed by atoms with E-state index in [0.29, 0.717) is 39.9 Å². The maximum atomic E-state index is 15.8. The van der Waals surface area contributed by atoms with E-state index in [4.69, 9.17) is 10.7 Å². The van der Waals surface area contributed by atoms with Gasteiger partial charge < -0.3 is 5.73 Å². The van der Waals surface area contributed by atoms with Gasteiger partial charge in [-0.1, -0.05) is 24.6 Å². The topological polar surface area (TPSA) is 82.0 Å². The third-order valence-corrected chi connectivity index (χ3v) is 6.06. The summed E-state index contributed by atoms with van der Waals surface area (Å²) in [6, 6.07) is 12.9. The van der Waals surface area contributed by atoms with Gasteiger partial charge in [0.05, 0.1) is 11.4 Å². The highest BCUT2D eigenvalue weighted by Crippen LogP contribution is 2.40. The summed E-state index contributed by atoms with van der Waals surface area (Å²) in [6.07, 6.45) is 8.55. The Morgan fingerprint density at radius 1 is 0.935 bits per heavy atom. The number of nitrogens with zero attached hydrogens (tertiary/aromatic N) is 5. The van der Waals surface area contributed by atoms with Crippen molar-refractivity contribution >= 4 is 22.2 Å². The number of anilines is 1. The fraction of sp³-hybridized carbons (Fsp3) is 0.167. The molecule has 0 atom stereocenters. The van der Waals surface area contributed by atoms with Crippen LogP contribution in [-0.4, -0.2) is 24.3 Å². The molecule has 1 aliphatic rings. The van der Waals surface area contributed by atoms with Gasteiger partial charge in [0.15, 0.2) is 5.82 Å². The van der Waals surface area contributed by atoms with Crippen molar-refractivity contribution in [3.8, 4) is 22.6 Å². The molecule has 1 aliphatic carbocycles. The predicted molar refractivity (Wildman–Crippen MR) is 118 cm³/mol. The Labute approximate surface area is 177 Å². The molecule has 152 valence electrons. The van der Waals surface area contributed by atoms with Crippen LogP contribution in [0.2, 0.25) is 0 Å². The number of rotatable bonds is 3. The summed E-state index contributed by atoms with van der Waals surface area (Å²) in [4.78, 5) is 18.0. The van der Waals surface area contributed by atoms with E-state index in [-0.39, 0.29) is 5.52 Å². The van der Waals surface area contributed by atoms with Crippen LogP contribution in [0.3, 0.4) is 0 Å². The average Bonchev–Trinajstić information content (AvgIpc) is 3.13. The van der Waals surface area contributed by atoms with Crippen LogP contribution in [0.25, 0.3) is 39.1 Å². The van der Waals surface area contributed by atoms with Crippen LogP contribution in [0.1, 0.15) is 31.0 Å². The first-order valence-electron chi connectivity index (χ1n) is 10.3. The molecule has 4 heterocycles. The van der Waals surface area contributed by atoms with E-state index in [1.165, 1.54) is 6.42 Å². The first kappa shape index (κ1) is 17.9. The third-order valence-electron chi connectivity index (χ3n) is 6.06. The fourth-order valence-electron chi connectivity index (χ4n) is 4.22. The molecule has 0 spiro atoms. The lowest BCUT2D eigenvalue weighted by Crippen LogP contribution is -2.12. The lowest BCUT2D eigenvalue weighted by molar-refractivity contribution is 0.400. The zero-order valence-electron chi connectivity index (χ0n) is 16.7. The summed E-state index contributed by atoms with van der Waals surface area (Å²) in [5, 5.41) is 0.717. The van der Waals surface area contributed by atoms with Gasteiger partial charge >= 0.3 is 0 Å². The van der Waals surface area contributed by atoms with Crippen LogP contribution < -0.4 is 5.73 Å². The number of hydrogen-bond donors (Lipinski definition) is 1. The molecular weight excluding hydrogens is 391 g/mol. The Hall–Kier alpha value is -3.87. The second-order valence-electron chi connectivity index (χ2n) is 7.89. The van der Waals surface area contributed by atoms with Gasteiger partial charge in [-0.05, 0) is 37.1 Å². The van der Waals surface area contributed by atoms with E-state index in [0.717, 1.165) is 24.1 Å². The van der Waals surface area contributed by atoms with E-state index in [2.05, 4.69) is 15.0 Å². The van der Waals surface area contributed by atoms with Gasteiger partial charge in [0.1, 0.15) is 28.4 Å². The standard InChI is InChI=1S/C24H19FN6/c25-19-16(9-7-14-8-10-18(29-20(14)19)17-6-1-2-11-27-17)21-22-23(26)28-12-13-31(22)24(30-21)15-4-3-5-15/h1-2,6-13,15H,3-5H2,(H2,26,28). The highest BCUT2D eigenvalue weighted by molar-refractivity contribution is 5.92. The molecule has 31 heavy (non-hydrogen) atoms. The molecule has 1 fully saturated rings. The summed E-state index contributed by atoms with van der Waals surface area (Å²) in [5.41, 5.74) is 9.34. The Morgan fingerprint density at radius 3 is 2.58 bits per heavy atom. The smallest absolute Gasteiger partial charge is 0.158 e. The van der Waals surface area contributed by atoms with Gasteiger partial charge in [0.25, 0.3) is 0 Å². The molecule has 7 heteroatoms. The lowest BCUT2D eigenvalue weighted by Gasteiger charge is -2.23. The Balaban J connectivity index is 1.58. The van der Waals surface area contributed by atoms with Crippen molar-refractivity contribution < 1.29 is 4.39 Å². The van der Waals surface area contributed by atoms with E-state index in [9.17, 15) is 0 Å². The average molecular weight is 410 g/mol. The van der Waals surface area contributed by atoms with Crippen molar-refractivity contribution in [2.24, 2.45) is 0 Å². The highest BCUT2D eigenvalue weighted by Gasteiger charge is 2.28. The van der Waals surface area contributed by atoms with Gasteiger partial charge in [-0.25, -0.2) is 19.3 Å². The van der Waals surface area contributed by atoms with E-state index in [1.807, 2.05) is 47.0 Å². The van der Waals surface area contributed by atoms with Crippen molar-refractivity contribution in [3.05, 3.63) is 72.7 Å². The van der Waals surface area contributed by atoms with Crippen molar-refractivity contribution in [2.45, 2.75) is 25.2 Å². The van der Waals surface area contributed by atoms with Gasteiger partial charge in [-0.2, -0.15) is 0 Å². The van der Waals surface area contributed by atoms with Crippen molar-refractivity contribution in [2.75, 3.05) is 5.73 Å². The van der Waals surface area contributed by atoms with Crippen LogP contribution in [-0.2, 0) is 0 Å². The quantitative estimate of drug-likeness (QED) is 0.453. The maximum absolute atomic E-state index is 15.8. The van der Waals surface area contributed by atoms with Crippen LogP contribution in [0.4, 0.5) is 10.2 Å². The van der Waals surface area contributed by atoms with Crippen molar-refractivity contribution in [1.82, 2.24) is 24.3 Å². The second-order valence-corrected chi connectivity index (χ2v) is 7.89. The first-order chi connectivity index (χ1) is 15.2. The summed E-state index contributed by atoms with van der Waals surface area (Å²) in [5.74, 6) is 1.20. The monoisotopic (exact) mass is 410 g/mol. The molecule has 0 bridgehead atoms. The van der Waals surface area contributed by atoms with Gasteiger partial charge in [0.2, 0.25) is 0 Å². The van der Waals surface area contributed by atoms with Crippen LogP contribution >= 0.6 is 0 Å². The summed E-state index contributed by atoms with van der Waals surface area (Å²) >= 11 is 0.